The third-order valence-electron chi connectivity index (χ3n) is 3.09. The third-order valence-corrected chi connectivity index (χ3v) is 3.81. The van der Waals surface area contributed by atoms with E-state index in [4.69, 9.17) is 28.9 Å². The molecule has 0 saturated heterocycles. The van der Waals surface area contributed by atoms with Gasteiger partial charge in [0, 0.05) is 19.7 Å². The van der Waals surface area contributed by atoms with Crippen molar-refractivity contribution >= 4 is 40.5 Å². The maximum Gasteiger partial charge on any atom is 0.358 e. The Hall–Kier alpha value is -1.98. The first-order valence-corrected chi connectivity index (χ1v) is 7.12. The number of hydrogen-bond donors (Lipinski definition) is 1. The van der Waals surface area contributed by atoms with Crippen molar-refractivity contribution in [3.05, 3.63) is 40.0 Å². The molecule has 0 aliphatic carbocycles. The van der Waals surface area contributed by atoms with Crippen LogP contribution in [0.2, 0.25) is 10.0 Å². The summed E-state index contributed by atoms with van der Waals surface area (Å²) < 4.78 is 4.67. The van der Waals surface area contributed by atoms with Crippen LogP contribution in [0.3, 0.4) is 0 Å². The van der Waals surface area contributed by atoms with Gasteiger partial charge in [0.25, 0.3) is 0 Å². The standard InChI is InChI=1S/C15H15Cl2N3O2/c1-20(2)12-6-8(4-5-9(12)16)11-7-10(18)13(17)14(19-11)15(21)22-3/h4-7H,1-3H3,(H2,18,19). The first kappa shape index (κ1) is 16.4. The van der Waals surface area contributed by atoms with Gasteiger partial charge in [0.05, 0.1) is 34.2 Å². The monoisotopic (exact) mass is 339 g/mol. The quantitative estimate of drug-likeness (QED) is 0.867. The number of methoxy groups -OCH3 is 1. The summed E-state index contributed by atoms with van der Waals surface area (Å²) in [6, 6.07) is 7.03. The number of carbonyl (C=O) groups is 1. The molecule has 2 N–H and O–H groups in total. The van der Waals surface area contributed by atoms with Gasteiger partial charge >= 0.3 is 5.97 Å². The summed E-state index contributed by atoms with van der Waals surface area (Å²) in [5, 5.41) is 0.696. The molecule has 0 aliphatic heterocycles. The molecule has 0 spiro atoms. The minimum Gasteiger partial charge on any atom is -0.464 e. The molecule has 2 rings (SSSR count). The average Bonchev–Trinajstić information content (AvgIpc) is 2.49. The van der Waals surface area contributed by atoms with Crippen molar-refractivity contribution in [3.8, 4) is 11.3 Å². The maximum atomic E-state index is 11.7. The number of ether oxygens (including phenoxy) is 1. The number of rotatable bonds is 3. The van der Waals surface area contributed by atoms with E-state index >= 15 is 0 Å². The van der Waals surface area contributed by atoms with Gasteiger partial charge in [0.2, 0.25) is 0 Å². The van der Waals surface area contributed by atoms with Crippen LogP contribution >= 0.6 is 23.2 Å². The number of nitrogens with zero attached hydrogens (tertiary/aromatic N) is 2. The Morgan fingerprint density at radius 2 is 1.95 bits per heavy atom. The first-order chi connectivity index (χ1) is 10.3. The van der Waals surface area contributed by atoms with Gasteiger partial charge in [-0.25, -0.2) is 9.78 Å². The van der Waals surface area contributed by atoms with E-state index in [1.54, 1.807) is 18.2 Å². The highest BCUT2D eigenvalue weighted by molar-refractivity contribution is 6.35. The second kappa shape index (κ2) is 6.42. The molecule has 0 fully saturated rings. The van der Waals surface area contributed by atoms with E-state index in [0.29, 0.717) is 10.7 Å². The number of aromatic nitrogens is 1. The summed E-state index contributed by atoms with van der Waals surface area (Å²) >= 11 is 12.2. The van der Waals surface area contributed by atoms with Gasteiger partial charge in [-0.05, 0) is 18.2 Å². The highest BCUT2D eigenvalue weighted by atomic mass is 35.5. The summed E-state index contributed by atoms with van der Waals surface area (Å²) in [5.74, 6) is -0.639. The van der Waals surface area contributed by atoms with E-state index in [1.165, 1.54) is 7.11 Å². The number of pyridine rings is 1. The molecule has 116 valence electrons. The van der Waals surface area contributed by atoms with E-state index in [-0.39, 0.29) is 16.4 Å². The van der Waals surface area contributed by atoms with Crippen molar-refractivity contribution in [1.82, 2.24) is 4.98 Å². The maximum absolute atomic E-state index is 11.7. The summed E-state index contributed by atoms with van der Waals surface area (Å²) in [7, 11) is 5.03. The van der Waals surface area contributed by atoms with E-state index in [1.807, 2.05) is 25.1 Å². The van der Waals surface area contributed by atoms with Crippen molar-refractivity contribution in [2.24, 2.45) is 0 Å². The van der Waals surface area contributed by atoms with Crippen molar-refractivity contribution < 1.29 is 9.53 Å². The fraction of sp³-hybridized carbons (Fsp3) is 0.200. The lowest BCUT2D eigenvalue weighted by Gasteiger charge is -2.16. The molecule has 5 nitrogen and oxygen atoms in total. The Labute approximate surface area is 138 Å². The van der Waals surface area contributed by atoms with Crippen LogP contribution in [-0.2, 0) is 4.74 Å². The lowest BCUT2D eigenvalue weighted by atomic mass is 10.1. The summed E-state index contributed by atoms with van der Waals surface area (Å²) in [6.07, 6.45) is 0. The van der Waals surface area contributed by atoms with Crippen LogP contribution in [0.15, 0.2) is 24.3 Å². The molecule has 7 heteroatoms. The second-order valence-corrected chi connectivity index (χ2v) is 5.60. The molecule has 0 amide bonds. The van der Waals surface area contributed by atoms with Crippen molar-refractivity contribution in [1.29, 1.82) is 0 Å². The van der Waals surface area contributed by atoms with Gasteiger partial charge in [-0.3, -0.25) is 0 Å². The van der Waals surface area contributed by atoms with Crippen molar-refractivity contribution in [3.63, 3.8) is 0 Å². The zero-order chi connectivity index (χ0) is 16.4. The Balaban J connectivity index is 2.61. The smallest absolute Gasteiger partial charge is 0.358 e. The van der Waals surface area contributed by atoms with Gasteiger partial charge in [-0.1, -0.05) is 29.3 Å². The lowest BCUT2D eigenvalue weighted by molar-refractivity contribution is 0.0594. The molecule has 0 saturated carbocycles. The number of benzene rings is 1. The molecule has 0 bridgehead atoms. The van der Waals surface area contributed by atoms with Gasteiger partial charge in [-0.15, -0.1) is 0 Å². The molecule has 1 aromatic heterocycles. The zero-order valence-corrected chi connectivity index (χ0v) is 13.9. The number of hydrogen-bond acceptors (Lipinski definition) is 5. The predicted octanol–water partition coefficient (Wildman–Crippen LogP) is 3.49. The average molecular weight is 340 g/mol. The molecule has 0 unspecified atom stereocenters. The van der Waals surface area contributed by atoms with Gasteiger partial charge in [-0.2, -0.15) is 0 Å². The molecule has 0 radical (unpaired) electrons. The molecule has 1 aromatic carbocycles. The predicted molar refractivity (Wildman–Crippen MR) is 89.8 cm³/mol. The van der Waals surface area contributed by atoms with Crippen LogP contribution in [0.1, 0.15) is 10.5 Å². The minimum atomic E-state index is -0.639. The molecule has 0 atom stereocenters. The topological polar surface area (TPSA) is 68.5 Å². The number of nitrogens with two attached hydrogens (primary N) is 1. The lowest BCUT2D eigenvalue weighted by Crippen LogP contribution is -2.10. The molecule has 2 aromatic rings. The highest BCUT2D eigenvalue weighted by Gasteiger charge is 2.18. The largest absolute Gasteiger partial charge is 0.464 e. The SMILES string of the molecule is COC(=O)c1nc(-c2ccc(Cl)c(N(C)C)c2)cc(N)c1Cl. The molecular formula is C15H15Cl2N3O2. The molecular weight excluding hydrogens is 325 g/mol. The normalized spacial score (nSPS) is 10.4. The van der Waals surface area contributed by atoms with Crippen LogP contribution in [0.4, 0.5) is 11.4 Å². The van der Waals surface area contributed by atoms with Gasteiger partial charge < -0.3 is 15.4 Å². The van der Waals surface area contributed by atoms with Crippen LogP contribution in [0.25, 0.3) is 11.3 Å². The zero-order valence-electron chi connectivity index (χ0n) is 12.4. The molecule has 22 heavy (non-hydrogen) atoms. The van der Waals surface area contributed by atoms with E-state index in [2.05, 4.69) is 9.72 Å². The third kappa shape index (κ3) is 3.10. The van der Waals surface area contributed by atoms with Crippen LogP contribution in [0, 0.1) is 0 Å². The fourth-order valence-electron chi connectivity index (χ4n) is 1.94. The van der Waals surface area contributed by atoms with Crippen LogP contribution in [0.5, 0.6) is 0 Å². The van der Waals surface area contributed by atoms with Crippen molar-refractivity contribution in [2.45, 2.75) is 0 Å². The molecule has 0 aliphatic rings. The van der Waals surface area contributed by atoms with E-state index < -0.39 is 5.97 Å². The number of nitrogen functional groups attached to an aromatic ring is 1. The highest BCUT2D eigenvalue weighted by Crippen LogP contribution is 2.32. The van der Waals surface area contributed by atoms with E-state index in [9.17, 15) is 4.79 Å². The summed E-state index contributed by atoms with van der Waals surface area (Å²) in [4.78, 5) is 17.9. The van der Waals surface area contributed by atoms with Crippen molar-refractivity contribution in [2.75, 3.05) is 31.8 Å². The Morgan fingerprint density at radius 1 is 1.27 bits per heavy atom. The van der Waals surface area contributed by atoms with Crippen LogP contribution < -0.4 is 10.6 Å². The number of esters is 1. The molecule has 1 heterocycles. The van der Waals surface area contributed by atoms with E-state index in [0.717, 1.165) is 11.3 Å². The summed E-state index contributed by atoms with van der Waals surface area (Å²) in [6.45, 7) is 0. The number of carbonyl (C=O) groups excluding carboxylic acids is 1. The Bertz CT molecular complexity index is 733. The van der Waals surface area contributed by atoms with Gasteiger partial charge in [0.1, 0.15) is 0 Å². The van der Waals surface area contributed by atoms with Crippen LogP contribution in [-0.4, -0.2) is 32.2 Å². The fourth-order valence-corrected chi connectivity index (χ4v) is 2.40. The first-order valence-electron chi connectivity index (χ1n) is 6.36. The Kier molecular flexibility index (Phi) is 4.78. The number of halogens is 2. The second-order valence-electron chi connectivity index (χ2n) is 4.81. The van der Waals surface area contributed by atoms with Gasteiger partial charge in [0.15, 0.2) is 5.69 Å². The minimum absolute atomic E-state index is 0.0134. The number of anilines is 2. The summed E-state index contributed by atoms with van der Waals surface area (Å²) in [5.41, 5.74) is 8.22. The Morgan fingerprint density at radius 3 is 2.55 bits per heavy atom.